The highest BCUT2D eigenvalue weighted by Gasteiger charge is 2.10. The highest BCUT2D eigenvalue weighted by molar-refractivity contribution is 7.99. The van der Waals surface area contributed by atoms with Crippen LogP contribution in [-0.4, -0.2) is 33.6 Å². The van der Waals surface area contributed by atoms with Crippen LogP contribution < -0.4 is 21.6 Å². The molecule has 2 rings (SSSR count). The molecule has 5 N–H and O–H groups in total. The van der Waals surface area contributed by atoms with Crippen molar-refractivity contribution in [1.29, 1.82) is 0 Å². The minimum atomic E-state index is -0.430. The van der Waals surface area contributed by atoms with Crippen molar-refractivity contribution < 1.29 is 9.53 Å². The van der Waals surface area contributed by atoms with Crippen LogP contribution in [0.5, 0.6) is 5.75 Å². The third-order valence-corrected chi connectivity index (χ3v) is 3.58. The molecule has 1 amide bonds. The highest BCUT2D eigenvalue weighted by Crippen LogP contribution is 2.17. The lowest BCUT2D eigenvalue weighted by molar-refractivity contribution is -0.115. The molecule has 21 heavy (non-hydrogen) atoms. The molecule has 0 radical (unpaired) electrons. The first-order valence-corrected chi connectivity index (χ1v) is 7.07. The van der Waals surface area contributed by atoms with Gasteiger partial charge in [0, 0.05) is 5.69 Å². The van der Waals surface area contributed by atoms with Crippen LogP contribution in [0.1, 0.15) is 5.82 Å². The number of nitrogens with two attached hydrogens (primary N) is 2. The van der Waals surface area contributed by atoms with Crippen LogP contribution in [0.2, 0.25) is 0 Å². The summed E-state index contributed by atoms with van der Waals surface area (Å²) in [6, 6.07) is 7.48. The second kappa shape index (κ2) is 6.84. The Morgan fingerprint density at radius 1 is 1.38 bits per heavy atom. The Hall–Kier alpha value is -2.42. The average molecular weight is 308 g/mol. The number of primary amides is 1. The van der Waals surface area contributed by atoms with Crippen molar-refractivity contribution >= 4 is 23.4 Å². The molecule has 0 atom stereocenters. The zero-order chi connectivity index (χ0) is 15.2. The lowest BCUT2D eigenvalue weighted by Crippen LogP contribution is -2.18. The van der Waals surface area contributed by atoms with E-state index in [4.69, 9.17) is 16.3 Å². The molecule has 8 nitrogen and oxygen atoms in total. The first-order chi connectivity index (χ1) is 10.1. The van der Waals surface area contributed by atoms with Gasteiger partial charge in [0.2, 0.25) is 11.1 Å². The number of ether oxygens (including phenoxy) is 1. The third kappa shape index (κ3) is 4.02. The number of rotatable bonds is 7. The fourth-order valence-corrected chi connectivity index (χ4v) is 2.17. The molecular formula is C12H16N6O2S. The summed E-state index contributed by atoms with van der Waals surface area (Å²) in [5.41, 5.74) is 5.98. The van der Waals surface area contributed by atoms with Crippen molar-refractivity contribution in [2.45, 2.75) is 11.7 Å². The van der Waals surface area contributed by atoms with E-state index in [0.717, 1.165) is 23.2 Å². The van der Waals surface area contributed by atoms with E-state index in [0.29, 0.717) is 17.5 Å². The van der Waals surface area contributed by atoms with E-state index in [-0.39, 0.29) is 5.75 Å². The van der Waals surface area contributed by atoms with Gasteiger partial charge in [-0.2, -0.15) is 0 Å². The summed E-state index contributed by atoms with van der Waals surface area (Å²) in [6.07, 6.45) is 0. The van der Waals surface area contributed by atoms with Crippen LogP contribution in [-0.2, 0) is 11.3 Å². The van der Waals surface area contributed by atoms with Crippen molar-refractivity contribution in [2.75, 3.05) is 24.0 Å². The SMILES string of the molecule is COc1ccc(NCc2nnc(SCC(N)=O)n2N)cc1. The summed E-state index contributed by atoms with van der Waals surface area (Å²) >= 11 is 1.15. The number of carbonyl (C=O) groups excluding carboxylic acids is 1. The quantitative estimate of drug-likeness (QED) is 0.493. The molecule has 1 aromatic carbocycles. The molecule has 0 aliphatic rings. The van der Waals surface area contributed by atoms with E-state index in [1.807, 2.05) is 24.3 Å². The number of anilines is 1. The molecular weight excluding hydrogens is 292 g/mol. The Bertz CT molecular complexity index is 613. The Balaban J connectivity index is 1.95. The molecule has 2 aromatic rings. The second-order valence-corrected chi connectivity index (χ2v) is 5.05. The summed E-state index contributed by atoms with van der Waals surface area (Å²) in [7, 11) is 1.62. The number of benzene rings is 1. The summed E-state index contributed by atoms with van der Waals surface area (Å²) in [5, 5.41) is 11.5. The molecule has 0 bridgehead atoms. The molecule has 0 aliphatic heterocycles. The van der Waals surface area contributed by atoms with Crippen LogP contribution in [0.4, 0.5) is 5.69 Å². The molecule has 1 heterocycles. The highest BCUT2D eigenvalue weighted by atomic mass is 32.2. The fourth-order valence-electron chi connectivity index (χ4n) is 1.55. The molecule has 1 aromatic heterocycles. The van der Waals surface area contributed by atoms with E-state index in [1.54, 1.807) is 7.11 Å². The van der Waals surface area contributed by atoms with Crippen LogP contribution in [0.3, 0.4) is 0 Å². The summed E-state index contributed by atoms with van der Waals surface area (Å²) in [5.74, 6) is 6.88. The Kier molecular flexibility index (Phi) is 4.88. The molecule has 0 saturated heterocycles. The molecule has 0 aliphatic carbocycles. The van der Waals surface area contributed by atoms with Gasteiger partial charge in [0.1, 0.15) is 5.75 Å². The number of nitrogens with one attached hydrogen (secondary N) is 1. The first kappa shape index (κ1) is 15.0. The van der Waals surface area contributed by atoms with Gasteiger partial charge >= 0.3 is 0 Å². The zero-order valence-corrected chi connectivity index (χ0v) is 12.3. The number of hydrogen-bond donors (Lipinski definition) is 3. The molecule has 0 unspecified atom stereocenters. The van der Waals surface area contributed by atoms with Gasteiger partial charge in [0.25, 0.3) is 0 Å². The summed E-state index contributed by atoms with van der Waals surface area (Å²) in [4.78, 5) is 10.7. The fraction of sp³-hybridized carbons (Fsp3) is 0.250. The number of hydrogen-bond acceptors (Lipinski definition) is 7. The molecule has 0 saturated carbocycles. The predicted molar refractivity (Wildman–Crippen MR) is 80.4 cm³/mol. The monoisotopic (exact) mass is 308 g/mol. The van der Waals surface area contributed by atoms with E-state index in [1.165, 1.54) is 4.68 Å². The maximum Gasteiger partial charge on any atom is 0.227 e. The maximum atomic E-state index is 10.7. The van der Waals surface area contributed by atoms with E-state index in [2.05, 4.69) is 15.5 Å². The maximum absolute atomic E-state index is 10.7. The standard InChI is InChI=1S/C12H16N6O2S/c1-20-9-4-2-8(3-5-9)15-6-11-16-17-12(18(11)14)21-7-10(13)19/h2-5,15H,6-7,14H2,1H3,(H2,13,19). The van der Waals surface area contributed by atoms with E-state index < -0.39 is 5.91 Å². The average Bonchev–Trinajstić information content (AvgIpc) is 2.84. The number of nitrogens with zero attached hydrogens (tertiary/aromatic N) is 3. The van der Waals surface area contributed by atoms with Crippen molar-refractivity contribution in [3.8, 4) is 5.75 Å². The van der Waals surface area contributed by atoms with Gasteiger partial charge < -0.3 is 21.6 Å². The second-order valence-electron chi connectivity index (χ2n) is 4.11. The lowest BCUT2D eigenvalue weighted by atomic mass is 10.3. The normalized spacial score (nSPS) is 10.3. The molecule has 112 valence electrons. The number of thioether (sulfide) groups is 1. The number of methoxy groups -OCH3 is 1. The predicted octanol–water partition coefficient (Wildman–Crippen LogP) is 0.190. The molecule has 9 heteroatoms. The van der Waals surface area contributed by atoms with Crippen molar-refractivity contribution in [3.05, 3.63) is 30.1 Å². The third-order valence-electron chi connectivity index (χ3n) is 2.62. The van der Waals surface area contributed by atoms with Crippen LogP contribution in [0, 0.1) is 0 Å². The number of amides is 1. The Labute approximate surface area is 125 Å². The number of nitrogen functional groups attached to an aromatic ring is 1. The summed E-state index contributed by atoms with van der Waals surface area (Å²) < 4.78 is 6.42. The minimum absolute atomic E-state index is 0.112. The molecule has 0 fully saturated rings. The van der Waals surface area contributed by atoms with E-state index in [9.17, 15) is 4.79 Å². The smallest absolute Gasteiger partial charge is 0.227 e. The van der Waals surface area contributed by atoms with Crippen LogP contribution in [0.15, 0.2) is 29.4 Å². The Morgan fingerprint density at radius 3 is 2.71 bits per heavy atom. The minimum Gasteiger partial charge on any atom is -0.497 e. The van der Waals surface area contributed by atoms with Gasteiger partial charge in [-0.05, 0) is 24.3 Å². The zero-order valence-electron chi connectivity index (χ0n) is 11.4. The topological polar surface area (TPSA) is 121 Å². The van der Waals surface area contributed by atoms with Gasteiger partial charge in [0.05, 0.1) is 19.4 Å². The van der Waals surface area contributed by atoms with Gasteiger partial charge in [-0.15, -0.1) is 10.2 Å². The van der Waals surface area contributed by atoms with Crippen LogP contribution in [0.25, 0.3) is 0 Å². The largest absolute Gasteiger partial charge is 0.497 e. The van der Waals surface area contributed by atoms with Gasteiger partial charge in [-0.1, -0.05) is 11.8 Å². The van der Waals surface area contributed by atoms with E-state index >= 15 is 0 Å². The van der Waals surface area contributed by atoms with Gasteiger partial charge in [-0.3, -0.25) is 4.79 Å². The van der Waals surface area contributed by atoms with Crippen molar-refractivity contribution in [3.63, 3.8) is 0 Å². The van der Waals surface area contributed by atoms with Gasteiger partial charge in [0.15, 0.2) is 5.82 Å². The van der Waals surface area contributed by atoms with Crippen molar-refractivity contribution in [1.82, 2.24) is 14.9 Å². The van der Waals surface area contributed by atoms with Crippen LogP contribution >= 0.6 is 11.8 Å². The Morgan fingerprint density at radius 2 is 2.10 bits per heavy atom. The molecule has 0 spiro atoms. The summed E-state index contributed by atoms with van der Waals surface area (Å²) in [6.45, 7) is 0.410. The number of carbonyl (C=O) groups is 1. The van der Waals surface area contributed by atoms with Gasteiger partial charge in [-0.25, -0.2) is 4.68 Å². The lowest BCUT2D eigenvalue weighted by Gasteiger charge is -2.07. The first-order valence-electron chi connectivity index (χ1n) is 6.08. The number of aromatic nitrogens is 3. The van der Waals surface area contributed by atoms with Crippen molar-refractivity contribution in [2.24, 2.45) is 5.73 Å².